The molecule has 0 aliphatic rings. The number of rotatable bonds is 2. The summed E-state index contributed by atoms with van der Waals surface area (Å²) in [6.45, 7) is 2.05. The summed E-state index contributed by atoms with van der Waals surface area (Å²) in [5.41, 5.74) is 1.19. The second-order valence-electron chi connectivity index (χ2n) is 4.28. The first-order valence-corrected chi connectivity index (χ1v) is 6.72. The van der Waals surface area contributed by atoms with Gasteiger partial charge >= 0.3 is 0 Å². The second-order valence-corrected chi connectivity index (χ2v) is 5.38. The van der Waals surface area contributed by atoms with Crippen molar-refractivity contribution in [2.24, 2.45) is 0 Å². The Hall–Kier alpha value is -1.80. The molecule has 0 aliphatic heterocycles. The number of nitrogens with zero attached hydrogens (tertiary/aromatic N) is 1. The third kappa shape index (κ3) is 2.39. The Morgan fingerprint density at radius 2 is 1.72 bits per heavy atom. The van der Waals surface area contributed by atoms with E-state index < -0.39 is 0 Å². The molecule has 88 valence electrons. The summed E-state index contributed by atoms with van der Waals surface area (Å²) >= 11 is 1.70. The molecule has 3 rings (SSSR count). The van der Waals surface area contributed by atoms with Crippen LogP contribution in [0.2, 0.25) is 0 Å². The molecular weight excluding hydrogens is 238 g/mol. The Balaban J connectivity index is 1.92. The molecule has 0 spiro atoms. The molecule has 1 heterocycles. The average Bonchev–Trinajstić information content (AvgIpc) is 2.41. The van der Waals surface area contributed by atoms with E-state index in [1.54, 1.807) is 11.8 Å². The van der Waals surface area contributed by atoms with E-state index in [0.717, 1.165) is 5.03 Å². The molecule has 0 bridgehead atoms. The number of aromatic nitrogens is 1. The molecule has 2 aromatic carbocycles. The van der Waals surface area contributed by atoms with E-state index in [2.05, 4.69) is 66.5 Å². The van der Waals surface area contributed by atoms with Crippen molar-refractivity contribution in [3.63, 3.8) is 0 Å². The molecule has 1 nitrogen and oxygen atoms in total. The van der Waals surface area contributed by atoms with Gasteiger partial charge in [0.05, 0.1) is 0 Å². The number of fused-ring (bicyclic) bond motifs is 1. The van der Waals surface area contributed by atoms with E-state index in [-0.39, 0.29) is 0 Å². The number of benzene rings is 2. The van der Waals surface area contributed by atoms with Crippen molar-refractivity contribution >= 4 is 22.5 Å². The van der Waals surface area contributed by atoms with Crippen LogP contribution < -0.4 is 0 Å². The molecule has 0 aliphatic carbocycles. The number of pyridine rings is 1. The topological polar surface area (TPSA) is 12.9 Å². The van der Waals surface area contributed by atoms with Gasteiger partial charge in [0, 0.05) is 11.1 Å². The zero-order valence-corrected chi connectivity index (χ0v) is 10.9. The fourth-order valence-corrected chi connectivity index (χ4v) is 2.67. The van der Waals surface area contributed by atoms with Crippen LogP contribution >= 0.6 is 11.8 Å². The third-order valence-electron chi connectivity index (χ3n) is 2.83. The summed E-state index contributed by atoms with van der Waals surface area (Å²) in [6, 6.07) is 19.1. The van der Waals surface area contributed by atoms with Crippen LogP contribution in [0.4, 0.5) is 0 Å². The normalized spacial score (nSPS) is 10.7. The van der Waals surface area contributed by atoms with Crippen molar-refractivity contribution < 1.29 is 0 Å². The van der Waals surface area contributed by atoms with Gasteiger partial charge in [0.2, 0.25) is 0 Å². The van der Waals surface area contributed by atoms with Gasteiger partial charge in [0.1, 0.15) is 5.03 Å². The molecule has 18 heavy (non-hydrogen) atoms. The zero-order chi connectivity index (χ0) is 12.4. The van der Waals surface area contributed by atoms with Crippen LogP contribution in [-0.2, 0) is 0 Å². The molecule has 0 radical (unpaired) electrons. The minimum absolute atomic E-state index is 1.04. The highest BCUT2D eigenvalue weighted by Gasteiger charge is 2.00. The Morgan fingerprint density at radius 1 is 0.889 bits per heavy atom. The first kappa shape index (κ1) is 11.3. The summed E-state index contributed by atoms with van der Waals surface area (Å²) in [6.07, 6.45) is 1.91. The van der Waals surface area contributed by atoms with E-state index in [9.17, 15) is 0 Å². The van der Waals surface area contributed by atoms with Crippen molar-refractivity contribution in [1.82, 2.24) is 4.98 Å². The van der Waals surface area contributed by atoms with Crippen molar-refractivity contribution in [3.05, 3.63) is 66.4 Å². The van der Waals surface area contributed by atoms with Gasteiger partial charge in [-0.3, -0.25) is 0 Å². The highest BCUT2D eigenvalue weighted by molar-refractivity contribution is 7.99. The standard InChI is InChI=1S/C16H13NS/c1-12-6-9-16(17-11-12)18-15-8-7-13-4-2-3-5-14(13)10-15/h2-11H,1H3. The Bertz CT molecular complexity index is 674. The maximum Gasteiger partial charge on any atom is 0.101 e. The Kier molecular flexibility index (Phi) is 3.03. The van der Waals surface area contributed by atoms with Crippen LogP contribution in [0.15, 0.2) is 70.7 Å². The first-order valence-electron chi connectivity index (χ1n) is 5.90. The molecule has 0 saturated carbocycles. The summed E-state index contributed by atoms with van der Waals surface area (Å²) in [5, 5.41) is 3.59. The van der Waals surface area contributed by atoms with Crippen molar-refractivity contribution in [3.8, 4) is 0 Å². The highest BCUT2D eigenvalue weighted by atomic mass is 32.2. The lowest BCUT2D eigenvalue weighted by Crippen LogP contribution is -1.81. The fraction of sp³-hybridized carbons (Fsp3) is 0.0625. The summed E-state index contributed by atoms with van der Waals surface area (Å²) in [7, 11) is 0. The lowest BCUT2D eigenvalue weighted by Gasteiger charge is -2.03. The Morgan fingerprint density at radius 3 is 2.50 bits per heavy atom. The van der Waals surface area contributed by atoms with Crippen LogP contribution in [0.25, 0.3) is 10.8 Å². The Labute approximate surface area is 111 Å². The smallest absolute Gasteiger partial charge is 0.101 e. The van der Waals surface area contributed by atoms with Gasteiger partial charge in [0.15, 0.2) is 0 Å². The fourth-order valence-electron chi connectivity index (χ4n) is 1.87. The maximum absolute atomic E-state index is 4.42. The van der Waals surface area contributed by atoms with Crippen LogP contribution in [0, 0.1) is 6.92 Å². The van der Waals surface area contributed by atoms with E-state index in [0.29, 0.717) is 0 Å². The van der Waals surface area contributed by atoms with Crippen molar-refractivity contribution in [2.75, 3.05) is 0 Å². The van der Waals surface area contributed by atoms with E-state index in [1.165, 1.54) is 21.2 Å². The first-order chi connectivity index (χ1) is 8.81. The van der Waals surface area contributed by atoms with Gasteiger partial charge in [-0.25, -0.2) is 4.98 Å². The second kappa shape index (κ2) is 4.83. The van der Waals surface area contributed by atoms with Crippen LogP contribution in [0.3, 0.4) is 0 Å². The number of aryl methyl sites for hydroxylation is 1. The maximum atomic E-state index is 4.42. The molecule has 1 aromatic heterocycles. The number of hydrogen-bond acceptors (Lipinski definition) is 2. The van der Waals surface area contributed by atoms with Gasteiger partial charge in [-0.1, -0.05) is 48.2 Å². The van der Waals surface area contributed by atoms with Gasteiger partial charge in [-0.05, 0) is 41.5 Å². The highest BCUT2D eigenvalue weighted by Crippen LogP contribution is 2.28. The SMILES string of the molecule is Cc1ccc(Sc2ccc3ccccc3c2)nc1. The van der Waals surface area contributed by atoms with Crippen molar-refractivity contribution in [1.29, 1.82) is 0 Å². The predicted molar refractivity (Wildman–Crippen MR) is 77.0 cm³/mol. The molecule has 0 saturated heterocycles. The minimum atomic E-state index is 1.04. The van der Waals surface area contributed by atoms with Gasteiger partial charge in [0.25, 0.3) is 0 Å². The van der Waals surface area contributed by atoms with Gasteiger partial charge < -0.3 is 0 Å². The summed E-state index contributed by atoms with van der Waals surface area (Å²) < 4.78 is 0. The molecular formula is C16H13NS. The van der Waals surface area contributed by atoms with E-state index in [4.69, 9.17) is 0 Å². The van der Waals surface area contributed by atoms with Crippen LogP contribution in [-0.4, -0.2) is 4.98 Å². The predicted octanol–water partition coefficient (Wildman–Crippen LogP) is 4.69. The third-order valence-corrected chi connectivity index (χ3v) is 3.77. The van der Waals surface area contributed by atoms with Crippen molar-refractivity contribution in [2.45, 2.75) is 16.8 Å². The molecule has 3 aromatic rings. The average molecular weight is 251 g/mol. The monoisotopic (exact) mass is 251 g/mol. The van der Waals surface area contributed by atoms with E-state index >= 15 is 0 Å². The molecule has 0 unspecified atom stereocenters. The van der Waals surface area contributed by atoms with Gasteiger partial charge in [-0.2, -0.15) is 0 Å². The van der Waals surface area contributed by atoms with Crippen LogP contribution in [0.5, 0.6) is 0 Å². The molecule has 0 N–H and O–H groups in total. The van der Waals surface area contributed by atoms with E-state index in [1.807, 2.05) is 6.20 Å². The minimum Gasteiger partial charge on any atom is -0.249 e. The lowest BCUT2D eigenvalue weighted by molar-refractivity contribution is 1.11. The van der Waals surface area contributed by atoms with Crippen LogP contribution in [0.1, 0.15) is 5.56 Å². The summed E-state index contributed by atoms with van der Waals surface area (Å²) in [4.78, 5) is 5.64. The molecule has 0 fully saturated rings. The lowest BCUT2D eigenvalue weighted by atomic mass is 10.1. The van der Waals surface area contributed by atoms with Gasteiger partial charge in [-0.15, -0.1) is 0 Å². The largest absolute Gasteiger partial charge is 0.249 e. The number of hydrogen-bond donors (Lipinski definition) is 0. The molecule has 0 atom stereocenters. The molecule has 0 amide bonds. The zero-order valence-electron chi connectivity index (χ0n) is 10.1. The quantitative estimate of drug-likeness (QED) is 0.655. The summed E-state index contributed by atoms with van der Waals surface area (Å²) in [5.74, 6) is 0. The molecule has 2 heteroatoms.